The molecule has 0 saturated heterocycles. The third kappa shape index (κ3) is 8.57. The fourth-order valence-electron chi connectivity index (χ4n) is 2.32. The molecule has 0 aliphatic rings. The lowest BCUT2D eigenvalue weighted by Gasteiger charge is -2.19. The maximum absolute atomic E-state index is 12.9. The van der Waals surface area contributed by atoms with Crippen molar-refractivity contribution >= 4 is 29.9 Å². The van der Waals surface area contributed by atoms with Crippen molar-refractivity contribution in [2.75, 3.05) is 19.7 Å². The summed E-state index contributed by atoms with van der Waals surface area (Å²) in [5.74, 6) is 0.818. The number of ether oxygens (including phenoxy) is 1. The summed E-state index contributed by atoms with van der Waals surface area (Å²) in [6.45, 7) is 5.03. The summed E-state index contributed by atoms with van der Waals surface area (Å²) >= 11 is 0. The third-order valence-corrected chi connectivity index (χ3v) is 3.71. The molecule has 2 atom stereocenters. The highest BCUT2D eigenvalue weighted by atomic mass is 127. The average molecular weight is 487 g/mol. The highest BCUT2D eigenvalue weighted by Crippen LogP contribution is 2.12. The Morgan fingerprint density at radius 3 is 2.44 bits per heavy atom. The molecule has 7 heteroatoms. The van der Waals surface area contributed by atoms with Crippen molar-refractivity contribution in [3.8, 4) is 5.75 Å². The Bertz CT molecular complexity index is 683. The lowest BCUT2D eigenvalue weighted by molar-refractivity contribution is 0.114. The van der Waals surface area contributed by atoms with E-state index in [0.717, 1.165) is 12.1 Å². The minimum Gasteiger partial charge on any atom is -0.491 e. The van der Waals surface area contributed by atoms with Gasteiger partial charge in [0.2, 0.25) is 0 Å². The van der Waals surface area contributed by atoms with Crippen LogP contribution in [-0.4, -0.2) is 36.9 Å². The quantitative estimate of drug-likeness (QED) is 0.303. The van der Waals surface area contributed by atoms with E-state index in [1.807, 2.05) is 37.3 Å². The molecule has 0 bridgehead atoms. The predicted octanol–water partition coefficient (Wildman–Crippen LogP) is 3.50. The van der Waals surface area contributed by atoms with Crippen molar-refractivity contribution in [2.45, 2.75) is 26.0 Å². The van der Waals surface area contributed by atoms with Gasteiger partial charge in [0.1, 0.15) is 24.3 Å². The normalized spacial score (nSPS) is 13.3. The molecule has 0 heterocycles. The van der Waals surface area contributed by atoms with E-state index >= 15 is 0 Å². The fourth-order valence-corrected chi connectivity index (χ4v) is 2.32. The Labute approximate surface area is 177 Å². The summed E-state index contributed by atoms with van der Waals surface area (Å²) in [7, 11) is 0. The van der Waals surface area contributed by atoms with Gasteiger partial charge < -0.3 is 20.5 Å². The van der Waals surface area contributed by atoms with Gasteiger partial charge in [-0.3, -0.25) is 4.99 Å². The van der Waals surface area contributed by atoms with Gasteiger partial charge in [-0.1, -0.05) is 30.3 Å². The molecule has 5 nitrogen and oxygen atoms in total. The van der Waals surface area contributed by atoms with Gasteiger partial charge in [-0.25, -0.2) is 4.39 Å². The van der Waals surface area contributed by atoms with Gasteiger partial charge in [0, 0.05) is 6.54 Å². The number of hydrogen-bond acceptors (Lipinski definition) is 3. The first kappa shape index (κ1) is 23.2. The van der Waals surface area contributed by atoms with Crippen molar-refractivity contribution in [1.29, 1.82) is 0 Å². The zero-order chi connectivity index (χ0) is 18.8. The van der Waals surface area contributed by atoms with Crippen molar-refractivity contribution in [3.05, 3.63) is 66.0 Å². The van der Waals surface area contributed by atoms with Gasteiger partial charge in [-0.15, -0.1) is 24.0 Å². The SMILES string of the molecule is CCNC(=NCC(O)COc1ccc(F)cc1)NC(C)c1ccccc1.I. The van der Waals surface area contributed by atoms with Crippen LogP contribution in [0.2, 0.25) is 0 Å². The maximum Gasteiger partial charge on any atom is 0.191 e. The van der Waals surface area contributed by atoms with E-state index < -0.39 is 6.10 Å². The Morgan fingerprint density at radius 1 is 1.15 bits per heavy atom. The number of aliphatic hydroxyl groups excluding tert-OH is 1. The second kappa shape index (κ2) is 12.5. The summed E-state index contributed by atoms with van der Waals surface area (Å²) in [6, 6.07) is 15.8. The van der Waals surface area contributed by atoms with E-state index in [1.165, 1.54) is 24.3 Å². The Hall–Kier alpha value is -1.87. The number of aliphatic hydroxyl groups is 1. The zero-order valence-corrected chi connectivity index (χ0v) is 17.9. The average Bonchev–Trinajstić information content (AvgIpc) is 2.66. The standard InChI is InChI=1S/C20H26FN3O2.HI/c1-3-22-20(24-15(2)16-7-5-4-6-8-16)23-13-18(25)14-26-19-11-9-17(21)10-12-19;/h4-12,15,18,25H,3,13-14H2,1-2H3,(H2,22,23,24);1H. The first-order chi connectivity index (χ1) is 12.6. The molecule has 148 valence electrons. The highest BCUT2D eigenvalue weighted by molar-refractivity contribution is 14.0. The minimum absolute atomic E-state index is 0. The Kier molecular flexibility index (Phi) is 10.7. The number of aliphatic imine (C=N–C) groups is 1. The zero-order valence-electron chi connectivity index (χ0n) is 15.6. The van der Waals surface area contributed by atoms with Crippen LogP contribution in [0.15, 0.2) is 59.6 Å². The molecular weight excluding hydrogens is 460 g/mol. The van der Waals surface area contributed by atoms with Crippen LogP contribution in [0.25, 0.3) is 0 Å². The van der Waals surface area contributed by atoms with Gasteiger partial charge in [0.25, 0.3) is 0 Å². The van der Waals surface area contributed by atoms with Crippen molar-refractivity contribution < 1.29 is 14.2 Å². The number of benzene rings is 2. The van der Waals surface area contributed by atoms with E-state index in [2.05, 4.69) is 22.5 Å². The summed E-state index contributed by atoms with van der Waals surface area (Å²) < 4.78 is 18.3. The number of nitrogens with one attached hydrogen (secondary N) is 2. The van der Waals surface area contributed by atoms with Crippen molar-refractivity contribution in [2.24, 2.45) is 4.99 Å². The van der Waals surface area contributed by atoms with Gasteiger partial charge in [-0.05, 0) is 43.7 Å². The first-order valence-electron chi connectivity index (χ1n) is 8.74. The number of halogens is 2. The van der Waals surface area contributed by atoms with Gasteiger partial charge in [0.15, 0.2) is 5.96 Å². The minimum atomic E-state index is -0.762. The first-order valence-corrected chi connectivity index (χ1v) is 8.74. The Morgan fingerprint density at radius 2 is 1.81 bits per heavy atom. The van der Waals surface area contributed by atoms with E-state index in [-0.39, 0.29) is 49.0 Å². The molecule has 0 saturated carbocycles. The summed E-state index contributed by atoms with van der Waals surface area (Å²) in [6.07, 6.45) is -0.762. The molecule has 2 rings (SSSR count). The fraction of sp³-hybridized carbons (Fsp3) is 0.350. The molecule has 0 aliphatic heterocycles. The molecule has 0 aromatic heterocycles. The molecular formula is C20H27FIN3O2. The van der Waals surface area contributed by atoms with Gasteiger partial charge in [0.05, 0.1) is 12.6 Å². The largest absolute Gasteiger partial charge is 0.491 e. The smallest absolute Gasteiger partial charge is 0.191 e. The topological polar surface area (TPSA) is 65.9 Å². The number of rotatable bonds is 8. The lowest BCUT2D eigenvalue weighted by Crippen LogP contribution is -2.39. The lowest BCUT2D eigenvalue weighted by atomic mass is 10.1. The Balaban J connectivity index is 0.00000364. The maximum atomic E-state index is 12.9. The second-order valence-corrected chi connectivity index (χ2v) is 5.92. The van der Waals surface area contributed by atoms with Gasteiger partial charge >= 0.3 is 0 Å². The van der Waals surface area contributed by atoms with E-state index in [0.29, 0.717) is 11.7 Å². The highest BCUT2D eigenvalue weighted by Gasteiger charge is 2.09. The molecule has 2 aromatic carbocycles. The predicted molar refractivity (Wildman–Crippen MR) is 117 cm³/mol. The van der Waals surface area contributed by atoms with Crippen LogP contribution < -0.4 is 15.4 Å². The molecule has 27 heavy (non-hydrogen) atoms. The molecule has 3 N–H and O–H groups in total. The molecule has 0 amide bonds. The van der Waals surface area contributed by atoms with Crippen LogP contribution in [0.5, 0.6) is 5.75 Å². The summed E-state index contributed by atoms with van der Waals surface area (Å²) in [4.78, 5) is 4.41. The van der Waals surface area contributed by atoms with E-state index in [4.69, 9.17) is 4.74 Å². The number of hydrogen-bond donors (Lipinski definition) is 3. The van der Waals surface area contributed by atoms with Gasteiger partial charge in [-0.2, -0.15) is 0 Å². The van der Waals surface area contributed by atoms with Crippen LogP contribution in [0, 0.1) is 5.82 Å². The van der Waals surface area contributed by atoms with Crippen LogP contribution >= 0.6 is 24.0 Å². The van der Waals surface area contributed by atoms with Crippen LogP contribution in [0.3, 0.4) is 0 Å². The third-order valence-electron chi connectivity index (χ3n) is 3.71. The van der Waals surface area contributed by atoms with Crippen molar-refractivity contribution in [1.82, 2.24) is 10.6 Å². The van der Waals surface area contributed by atoms with Crippen LogP contribution in [0.4, 0.5) is 4.39 Å². The molecule has 0 radical (unpaired) electrons. The van der Waals surface area contributed by atoms with Crippen LogP contribution in [0.1, 0.15) is 25.5 Å². The number of nitrogens with zero attached hydrogens (tertiary/aromatic N) is 1. The van der Waals surface area contributed by atoms with E-state index in [9.17, 15) is 9.50 Å². The molecule has 0 spiro atoms. The number of guanidine groups is 1. The van der Waals surface area contributed by atoms with E-state index in [1.54, 1.807) is 0 Å². The molecule has 0 aliphatic carbocycles. The summed E-state index contributed by atoms with van der Waals surface area (Å²) in [5.41, 5.74) is 1.15. The van der Waals surface area contributed by atoms with Crippen LogP contribution in [-0.2, 0) is 0 Å². The van der Waals surface area contributed by atoms with Crippen molar-refractivity contribution in [3.63, 3.8) is 0 Å². The molecule has 2 aromatic rings. The molecule has 2 unspecified atom stereocenters. The monoisotopic (exact) mass is 487 g/mol. The summed E-state index contributed by atoms with van der Waals surface area (Å²) in [5, 5.41) is 16.6. The molecule has 0 fully saturated rings. The second-order valence-electron chi connectivity index (χ2n) is 5.92.